The van der Waals surface area contributed by atoms with Crippen LogP contribution in [-0.4, -0.2) is 41.9 Å². The number of H-pyrrole nitrogens is 1. The highest BCUT2D eigenvalue weighted by molar-refractivity contribution is 5.95. The van der Waals surface area contributed by atoms with Gasteiger partial charge in [-0.1, -0.05) is 18.2 Å². The molecule has 0 spiro atoms. The molecule has 0 atom stereocenters. The molecule has 0 bridgehead atoms. The molecule has 1 amide bonds. The Morgan fingerprint density at radius 1 is 1.08 bits per heavy atom. The van der Waals surface area contributed by atoms with Crippen LogP contribution in [0.25, 0.3) is 10.9 Å². The summed E-state index contributed by atoms with van der Waals surface area (Å²) in [7, 11) is 5.55. The smallest absolute Gasteiger partial charge is 0.258 e. The number of anilines is 1. The van der Waals surface area contributed by atoms with Crippen LogP contribution in [0, 0.1) is 0 Å². The largest absolute Gasteiger partial charge is 0.378 e. The fourth-order valence-electron chi connectivity index (χ4n) is 2.64. The fraction of sp³-hybridized carbons (Fsp3) is 0.211. The number of para-hydroxylation sites is 1. The number of hydrogen-bond acceptors (Lipinski definition) is 4. The summed E-state index contributed by atoms with van der Waals surface area (Å²) in [4.78, 5) is 35.5. The van der Waals surface area contributed by atoms with E-state index in [2.05, 4.69) is 9.97 Å². The van der Waals surface area contributed by atoms with Crippen molar-refractivity contribution < 1.29 is 4.79 Å². The minimum Gasteiger partial charge on any atom is -0.378 e. The summed E-state index contributed by atoms with van der Waals surface area (Å²) in [6.07, 6.45) is 0. The zero-order valence-corrected chi connectivity index (χ0v) is 14.5. The number of fused-ring (bicyclic) bond motifs is 1. The van der Waals surface area contributed by atoms with Gasteiger partial charge in [0.25, 0.3) is 11.5 Å². The van der Waals surface area contributed by atoms with Crippen LogP contribution in [0.15, 0.2) is 53.3 Å². The molecule has 0 saturated carbocycles. The lowest BCUT2D eigenvalue weighted by Gasteiger charge is -2.18. The van der Waals surface area contributed by atoms with Crippen LogP contribution >= 0.6 is 0 Å². The van der Waals surface area contributed by atoms with Crippen molar-refractivity contribution >= 4 is 22.5 Å². The Morgan fingerprint density at radius 2 is 1.84 bits per heavy atom. The Bertz CT molecular complexity index is 978. The molecule has 3 aromatic rings. The number of amides is 1. The SMILES string of the molecule is CN(Cc1nc2ccccc2c(=O)[nH]1)C(=O)c1cccc(N(C)C)c1. The molecule has 0 radical (unpaired) electrons. The van der Waals surface area contributed by atoms with E-state index in [1.165, 1.54) is 0 Å². The normalized spacial score (nSPS) is 10.7. The van der Waals surface area contributed by atoms with Crippen molar-refractivity contribution in [1.82, 2.24) is 14.9 Å². The van der Waals surface area contributed by atoms with E-state index in [1.54, 1.807) is 36.2 Å². The number of carbonyl (C=O) groups excluding carboxylic acids is 1. The van der Waals surface area contributed by atoms with E-state index < -0.39 is 0 Å². The number of hydrogen-bond donors (Lipinski definition) is 1. The van der Waals surface area contributed by atoms with Gasteiger partial charge in [0, 0.05) is 32.4 Å². The lowest BCUT2D eigenvalue weighted by Crippen LogP contribution is -2.28. The van der Waals surface area contributed by atoms with Crippen LogP contribution in [0.3, 0.4) is 0 Å². The van der Waals surface area contributed by atoms with Gasteiger partial charge in [0.1, 0.15) is 5.82 Å². The molecule has 0 aliphatic heterocycles. The standard InChI is InChI=1S/C19H20N4O2/c1-22(2)14-8-6-7-13(11-14)19(25)23(3)12-17-20-16-10-5-4-9-15(16)18(24)21-17/h4-11H,12H2,1-3H3,(H,20,21,24). The van der Waals surface area contributed by atoms with Crippen LogP contribution in [0.4, 0.5) is 5.69 Å². The van der Waals surface area contributed by atoms with E-state index in [4.69, 9.17) is 0 Å². The second kappa shape index (κ2) is 6.76. The van der Waals surface area contributed by atoms with E-state index in [1.807, 2.05) is 43.3 Å². The molecule has 128 valence electrons. The number of aromatic nitrogens is 2. The minimum atomic E-state index is -0.198. The van der Waals surface area contributed by atoms with Gasteiger partial charge < -0.3 is 14.8 Å². The number of carbonyl (C=O) groups is 1. The van der Waals surface area contributed by atoms with Crippen molar-refractivity contribution in [1.29, 1.82) is 0 Å². The third-order valence-electron chi connectivity index (χ3n) is 4.01. The lowest BCUT2D eigenvalue weighted by atomic mass is 10.1. The van der Waals surface area contributed by atoms with Gasteiger partial charge in [0.15, 0.2) is 0 Å². The van der Waals surface area contributed by atoms with Gasteiger partial charge in [-0.25, -0.2) is 4.98 Å². The average molecular weight is 336 g/mol. The van der Waals surface area contributed by atoms with Gasteiger partial charge in [-0.05, 0) is 30.3 Å². The molecule has 0 unspecified atom stereocenters. The number of benzene rings is 2. The predicted octanol–water partition coefficient (Wildman–Crippen LogP) is 2.26. The zero-order valence-electron chi connectivity index (χ0n) is 14.5. The number of nitrogens with zero attached hydrogens (tertiary/aromatic N) is 3. The molecule has 1 heterocycles. The first-order chi connectivity index (χ1) is 12.0. The fourth-order valence-corrected chi connectivity index (χ4v) is 2.64. The third-order valence-corrected chi connectivity index (χ3v) is 4.01. The molecule has 0 aliphatic carbocycles. The highest BCUT2D eigenvalue weighted by atomic mass is 16.2. The van der Waals surface area contributed by atoms with Crippen molar-refractivity contribution in [2.75, 3.05) is 26.0 Å². The summed E-state index contributed by atoms with van der Waals surface area (Å²) in [6, 6.07) is 14.6. The Hall–Kier alpha value is -3.15. The summed E-state index contributed by atoms with van der Waals surface area (Å²) >= 11 is 0. The molecule has 2 aromatic carbocycles. The van der Waals surface area contributed by atoms with Crippen LogP contribution in [0.1, 0.15) is 16.2 Å². The van der Waals surface area contributed by atoms with Gasteiger partial charge >= 0.3 is 0 Å². The van der Waals surface area contributed by atoms with E-state index in [0.29, 0.717) is 22.3 Å². The summed E-state index contributed by atoms with van der Waals surface area (Å²) in [5, 5.41) is 0.541. The molecular formula is C19H20N4O2. The van der Waals surface area contributed by atoms with Crippen LogP contribution < -0.4 is 10.5 Å². The van der Waals surface area contributed by atoms with Gasteiger partial charge in [0.2, 0.25) is 0 Å². The van der Waals surface area contributed by atoms with Crippen molar-refractivity contribution in [3.8, 4) is 0 Å². The Labute approximate surface area is 145 Å². The summed E-state index contributed by atoms with van der Waals surface area (Å²) in [6.45, 7) is 0.227. The molecule has 25 heavy (non-hydrogen) atoms. The maximum absolute atomic E-state index is 12.7. The second-order valence-corrected chi connectivity index (χ2v) is 6.14. The zero-order chi connectivity index (χ0) is 18.0. The summed E-state index contributed by atoms with van der Waals surface area (Å²) in [5.41, 5.74) is 1.97. The molecular weight excluding hydrogens is 316 g/mol. The first-order valence-corrected chi connectivity index (χ1v) is 7.96. The maximum Gasteiger partial charge on any atom is 0.258 e. The van der Waals surface area contributed by atoms with Crippen LogP contribution in [0.2, 0.25) is 0 Å². The molecule has 1 aromatic heterocycles. The highest BCUT2D eigenvalue weighted by Crippen LogP contribution is 2.15. The molecule has 0 aliphatic rings. The lowest BCUT2D eigenvalue weighted by molar-refractivity contribution is 0.0781. The van der Waals surface area contributed by atoms with Crippen molar-refractivity contribution in [3.05, 3.63) is 70.3 Å². The Morgan fingerprint density at radius 3 is 2.60 bits per heavy atom. The second-order valence-electron chi connectivity index (χ2n) is 6.14. The van der Waals surface area contributed by atoms with Gasteiger partial charge in [-0.3, -0.25) is 9.59 Å². The minimum absolute atomic E-state index is 0.125. The first kappa shape index (κ1) is 16.7. The van der Waals surface area contributed by atoms with Crippen LogP contribution in [0.5, 0.6) is 0 Å². The summed E-state index contributed by atoms with van der Waals surface area (Å²) in [5.74, 6) is 0.336. The molecule has 1 N–H and O–H groups in total. The molecule has 6 nitrogen and oxygen atoms in total. The predicted molar refractivity (Wildman–Crippen MR) is 98.9 cm³/mol. The Balaban J connectivity index is 1.84. The molecule has 0 saturated heterocycles. The highest BCUT2D eigenvalue weighted by Gasteiger charge is 2.14. The van der Waals surface area contributed by atoms with Crippen molar-refractivity contribution in [3.63, 3.8) is 0 Å². The van der Waals surface area contributed by atoms with E-state index >= 15 is 0 Å². The topological polar surface area (TPSA) is 69.3 Å². The third kappa shape index (κ3) is 3.52. The van der Waals surface area contributed by atoms with Crippen molar-refractivity contribution in [2.24, 2.45) is 0 Å². The number of rotatable bonds is 4. The molecule has 3 rings (SSSR count). The average Bonchev–Trinajstić information content (AvgIpc) is 2.61. The summed E-state index contributed by atoms with van der Waals surface area (Å²) < 4.78 is 0. The maximum atomic E-state index is 12.7. The molecule has 0 fully saturated rings. The molecule has 6 heteroatoms. The quantitative estimate of drug-likeness (QED) is 0.793. The van der Waals surface area contributed by atoms with Gasteiger partial charge in [-0.2, -0.15) is 0 Å². The van der Waals surface area contributed by atoms with Crippen molar-refractivity contribution in [2.45, 2.75) is 6.54 Å². The number of aromatic amines is 1. The van der Waals surface area contributed by atoms with E-state index in [9.17, 15) is 9.59 Å². The monoisotopic (exact) mass is 336 g/mol. The van der Waals surface area contributed by atoms with Gasteiger partial charge in [0.05, 0.1) is 17.4 Å². The van der Waals surface area contributed by atoms with Crippen LogP contribution in [-0.2, 0) is 6.54 Å². The Kier molecular flexibility index (Phi) is 4.52. The first-order valence-electron chi connectivity index (χ1n) is 7.96. The van der Waals surface area contributed by atoms with E-state index in [-0.39, 0.29) is 18.0 Å². The van der Waals surface area contributed by atoms with E-state index in [0.717, 1.165) is 5.69 Å². The van der Waals surface area contributed by atoms with Gasteiger partial charge in [-0.15, -0.1) is 0 Å². The number of nitrogens with one attached hydrogen (secondary N) is 1.